The van der Waals surface area contributed by atoms with Crippen molar-refractivity contribution in [2.75, 3.05) is 13.2 Å². The number of ether oxygens (including phenoxy) is 1. The maximum atomic E-state index is 12.4. The summed E-state index contributed by atoms with van der Waals surface area (Å²) in [6, 6.07) is 14.8. The molecular formula is C18H17NO4. The molecule has 0 aliphatic carbocycles. The maximum Gasteiger partial charge on any atom is 0.255 e. The molecule has 118 valence electrons. The van der Waals surface area contributed by atoms with Gasteiger partial charge in [-0.2, -0.15) is 0 Å². The molecular weight excluding hydrogens is 294 g/mol. The van der Waals surface area contributed by atoms with Gasteiger partial charge in [0.05, 0.1) is 12.2 Å². The van der Waals surface area contributed by atoms with E-state index in [1.807, 2.05) is 48.5 Å². The Bertz CT molecular complexity index is 809. The SMILES string of the molecule is O=C(NCc1ccccc1OCCO)c1coc2ccccc12. The van der Waals surface area contributed by atoms with Gasteiger partial charge in [-0.05, 0) is 12.1 Å². The molecule has 5 heteroatoms. The topological polar surface area (TPSA) is 71.7 Å². The van der Waals surface area contributed by atoms with Crippen LogP contribution in [-0.2, 0) is 6.54 Å². The number of furan rings is 1. The van der Waals surface area contributed by atoms with Gasteiger partial charge < -0.3 is 19.6 Å². The lowest BCUT2D eigenvalue weighted by molar-refractivity contribution is 0.0951. The monoisotopic (exact) mass is 311 g/mol. The normalized spacial score (nSPS) is 10.7. The molecule has 23 heavy (non-hydrogen) atoms. The van der Waals surface area contributed by atoms with E-state index < -0.39 is 0 Å². The summed E-state index contributed by atoms with van der Waals surface area (Å²) in [5, 5.41) is 12.5. The Labute approximate surface area is 133 Å². The van der Waals surface area contributed by atoms with Crippen LogP contribution in [0, 0.1) is 0 Å². The van der Waals surface area contributed by atoms with Gasteiger partial charge >= 0.3 is 0 Å². The Morgan fingerprint density at radius 1 is 1.13 bits per heavy atom. The molecule has 1 amide bonds. The first kappa shape index (κ1) is 15.1. The number of rotatable bonds is 6. The molecule has 0 saturated carbocycles. The highest BCUT2D eigenvalue weighted by Crippen LogP contribution is 2.21. The molecule has 1 aromatic heterocycles. The van der Waals surface area contributed by atoms with E-state index in [0.717, 1.165) is 10.9 Å². The van der Waals surface area contributed by atoms with Crippen LogP contribution < -0.4 is 10.1 Å². The van der Waals surface area contributed by atoms with Crippen molar-refractivity contribution in [3.63, 3.8) is 0 Å². The molecule has 2 aromatic carbocycles. The molecule has 0 spiro atoms. The van der Waals surface area contributed by atoms with Crippen LogP contribution in [0.1, 0.15) is 15.9 Å². The zero-order valence-corrected chi connectivity index (χ0v) is 12.5. The van der Waals surface area contributed by atoms with E-state index in [4.69, 9.17) is 14.3 Å². The summed E-state index contributed by atoms with van der Waals surface area (Å²) in [6.07, 6.45) is 1.47. The minimum absolute atomic E-state index is 0.0539. The van der Waals surface area contributed by atoms with Gasteiger partial charge in [0.15, 0.2) is 0 Å². The van der Waals surface area contributed by atoms with E-state index in [1.165, 1.54) is 6.26 Å². The highest BCUT2D eigenvalue weighted by molar-refractivity contribution is 6.05. The lowest BCUT2D eigenvalue weighted by Gasteiger charge is -2.11. The van der Waals surface area contributed by atoms with Crippen LogP contribution >= 0.6 is 0 Å². The number of carbonyl (C=O) groups excluding carboxylic acids is 1. The Hall–Kier alpha value is -2.79. The quantitative estimate of drug-likeness (QED) is 0.734. The standard InChI is InChI=1S/C18H17NO4/c20-9-10-22-16-7-3-1-5-13(16)11-19-18(21)15-12-23-17-8-4-2-6-14(15)17/h1-8,12,20H,9-11H2,(H,19,21). The van der Waals surface area contributed by atoms with E-state index in [2.05, 4.69) is 5.32 Å². The zero-order valence-electron chi connectivity index (χ0n) is 12.5. The number of nitrogens with one attached hydrogen (secondary N) is 1. The van der Waals surface area contributed by atoms with Crippen LogP contribution in [0.25, 0.3) is 11.0 Å². The van der Waals surface area contributed by atoms with E-state index >= 15 is 0 Å². The second-order valence-electron chi connectivity index (χ2n) is 5.01. The number of para-hydroxylation sites is 2. The zero-order chi connectivity index (χ0) is 16.1. The lowest BCUT2D eigenvalue weighted by Crippen LogP contribution is -2.23. The van der Waals surface area contributed by atoms with Gasteiger partial charge in [-0.3, -0.25) is 4.79 Å². The molecule has 0 fully saturated rings. The highest BCUT2D eigenvalue weighted by atomic mass is 16.5. The Balaban J connectivity index is 1.72. The summed E-state index contributed by atoms with van der Waals surface area (Å²) in [4.78, 5) is 12.4. The lowest BCUT2D eigenvalue weighted by atomic mass is 10.1. The highest BCUT2D eigenvalue weighted by Gasteiger charge is 2.13. The van der Waals surface area contributed by atoms with Crippen LogP contribution in [-0.4, -0.2) is 24.2 Å². The van der Waals surface area contributed by atoms with Crippen molar-refractivity contribution in [1.29, 1.82) is 0 Å². The van der Waals surface area contributed by atoms with E-state index in [0.29, 0.717) is 23.4 Å². The predicted octanol–water partition coefficient (Wildman–Crippen LogP) is 2.73. The number of hydrogen-bond acceptors (Lipinski definition) is 4. The van der Waals surface area contributed by atoms with Crippen molar-refractivity contribution >= 4 is 16.9 Å². The smallest absolute Gasteiger partial charge is 0.255 e. The number of amides is 1. The van der Waals surface area contributed by atoms with Crippen molar-refractivity contribution in [1.82, 2.24) is 5.32 Å². The minimum Gasteiger partial charge on any atom is -0.491 e. The summed E-state index contributed by atoms with van der Waals surface area (Å²) in [5.74, 6) is 0.450. The van der Waals surface area contributed by atoms with Crippen LogP contribution in [0.2, 0.25) is 0 Å². The van der Waals surface area contributed by atoms with E-state index in [-0.39, 0.29) is 19.1 Å². The maximum absolute atomic E-state index is 12.4. The van der Waals surface area contributed by atoms with Crippen molar-refractivity contribution < 1.29 is 19.1 Å². The first-order valence-electron chi connectivity index (χ1n) is 7.35. The molecule has 0 aliphatic rings. The van der Waals surface area contributed by atoms with Crippen molar-refractivity contribution in [2.24, 2.45) is 0 Å². The molecule has 3 rings (SSSR count). The third-order valence-electron chi connectivity index (χ3n) is 3.49. The Morgan fingerprint density at radius 2 is 1.91 bits per heavy atom. The third kappa shape index (κ3) is 3.35. The molecule has 0 atom stereocenters. The number of aliphatic hydroxyl groups is 1. The molecule has 1 heterocycles. The molecule has 5 nitrogen and oxygen atoms in total. The second kappa shape index (κ2) is 6.98. The summed E-state index contributed by atoms with van der Waals surface area (Å²) in [5.41, 5.74) is 2.04. The van der Waals surface area contributed by atoms with Crippen LogP contribution in [0.15, 0.2) is 59.2 Å². The fourth-order valence-electron chi connectivity index (χ4n) is 2.37. The second-order valence-corrected chi connectivity index (χ2v) is 5.01. The van der Waals surface area contributed by atoms with Crippen molar-refractivity contribution in [3.8, 4) is 5.75 Å². The summed E-state index contributed by atoms with van der Waals surface area (Å²) in [6.45, 7) is 0.499. The minimum atomic E-state index is -0.202. The molecule has 2 N–H and O–H groups in total. The molecule has 0 bridgehead atoms. The fourth-order valence-corrected chi connectivity index (χ4v) is 2.37. The Kier molecular flexibility index (Phi) is 4.59. The first-order valence-corrected chi connectivity index (χ1v) is 7.35. The molecule has 0 saturated heterocycles. The van der Waals surface area contributed by atoms with Crippen LogP contribution in [0.4, 0.5) is 0 Å². The van der Waals surface area contributed by atoms with Crippen molar-refractivity contribution in [2.45, 2.75) is 6.54 Å². The predicted molar refractivity (Wildman–Crippen MR) is 86.4 cm³/mol. The molecule has 0 radical (unpaired) electrons. The average Bonchev–Trinajstić information content (AvgIpc) is 3.02. The van der Waals surface area contributed by atoms with Gasteiger partial charge in [0, 0.05) is 17.5 Å². The average molecular weight is 311 g/mol. The van der Waals surface area contributed by atoms with Crippen LogP contribution in [0.3, 0.4) is 0 Å². The number of fused-ring (bicyclic) bond motifs is 1. The van der Waals surface area contributed by atoms with Gasteiger partial charge in [-0.25, -0.2) is 0 Å². The van der Waals surface area contributed by atoms with Gasteiger partial charge in [-0.15, -0.1) is 0 Å². The summed E-state index contributed by atoms with van der Waals surface area (Å²) < 4.78 is 10.8. The van der Waals surface area contributed by atoms with E-state index in [9.17, 15) is 4.79 Å². The number of carbonyl (C=O) groups is 1. The number of hydrogen-bond donors (Lipinski definition) is 2. The van der Waals surface area contributed by atoms with Crippen molar-refractivity contribution in [3.05, 3.63) is 65.9 Å². The molecule has 3 aromatic rings. The summed E-state index contributed by atoms with van der Waals surface area (Å²) >= 11 is 0. The van der Waals surface area contributed by atoms with Gasteiger partial charge in [0.25, 0.3) is 5.91 Å². The largest absolute Gasteiger partial charge is 0.491 e. The Morgan fingerprint density at radius 3 is 2.78 bits per heavy atom. The first-order chi connectivity index (χ1) is 11.3. The third-order valence-corrected chi connectivity index (χ3v) is 3.49. The van der Waals surface area contributed by atoms with Gasteiger partial charge in [0.2, 0.25) is 0 Å². The van der Waals surface area contributed by atoms with Crippen LogP contribution in [0.5, 0.6) is 5.75 Å². The number of benzene rings is 2. The molecule has 0 aliphatic heterocycles. The summed E-state index contributed by atoms with van der Waals surface area (Å²) in [7, 11) is 0. The van der Waals surface area contributed by atoms with E-state index in [1.54, 1.807) is 0 Å². The van der Waals surface area contributed by atoms with Gasteiger partial charge in [0.1, 0.15) is 24.2 Å². The fraction of sp³-hybridized carbons (Fsp3) is 0.167. The molecule has 0 unspecified atom stereocenters. The number of aliphatic hydroxyl groups excluding tert-OH is 1. The van der Waals surface area contributed by atoms with Gasteiger partial charge in [-0.1, -0.05) is 36.4 Å².